The third-order valence-corrected chi connectivity index (χ3v) is 3.57. The molecule has 1 N–H and O–H groups in total. The molecule has 116 valence electrons. The van der Waals surface area contributed by atoms with E-state index in [-0.39, 0.29) is 11.5 Å². The number of carboxylic acid groups (broad SMARTS) is 1. The van der Waals surface area contributed by atoms with Crippen molar-refractivity contribution < 1.29 is 19.4 Å². The molecular weight excluding hydrogens is 338 g/mol. The van der Waals surface area contributed by atoms with E-state index in [1.54, 1.807) is 17.0 Å². The highest BCUT2D eigenvalue weighted by Gasteiger charge is 2.13. The minimum atomic E-state index is -1.04. The summed E-state index contributed by atoms with van der Waals surface area (Å²) in [5.41, 5.74) is 0.111. The number of aromatic carboxylic acids is 1. The summed E-state index contributed by atoms with van der Waals surface area (Å²) in [5.74, 6) is -0.621. The number of amides is 1. The molecule has 6 heteroatoms. The molecule has 0 atom stereocenters. The molecule has 0 radical (unpaired) electrons. The first-order chi connectivity index (χ1) is 9.99. The summed E-state index contributed by atoms with van der Waals surface area (Å²) in [6, 6.07) is 4.83. The van der Waals surface area contributed by atoms with Crippen LogP contribution >= 0.6 is 15.9 Å². The number of carboxylic acids is 1. The number of carbonyl (C=O) groups is 2. The van der Waals surface area contributed by atoms with Crippen molar-refractivity contribution in [1.82, 2.24) is 4.90 Å². The number of halogens is 1. The molecule has 0 saturated carbocycles. The molecule has 0 unspecified atom stereocenters. The van der Waals surface area contributed by atoms with Gasteiger partial charge in [-0.1, -0.05) is 15.9 Å². The Bertz CT molecular complexity index is 500. The average Bonchev–Trinajstić information content (AvgIpc) is 2.45. The van der Waals surface area contributed by atoms with Crippen LogP contribution in [0, 0.1) is 0 Å². The Hall–Kier alpha value is -1.56. The van der Waals surface area contributed by atoms with Crippen LogP contribution in [0.1, 0.15) is 37.0 Å². The normalized spacial score (nSPS) is 10.2. The van der Waals surface area contributed by atoms with Crippen LogP contribution in [0.3, 0.4) is 0 Å². The molecule has 0 aromatic heterocycles. The second kappa shape index (κ2) is 8.67. The first kappa shape index (κ1) is 17.5. The van der Waals surface area contributed by atoms with Gasteiger partial charge in [0.2, 0.25) is 5.91 Å². The van der Waals surface area contributed by atoms with Crippen molar-refractivity contribution in [3.8, 4) is 5.75 Å². The maximum absolute atomic E-state index is 11.8. The molecule has 0 fully saturated rings. The largest absolute Gasteiger partial charge is 0.493 e. The Labute approximate surface area is 133 Å². The Balaban J connectivity index is 2.50. The summed E-state index contributed by atoms with van der Waals surface area (Å²) in [6.07, 6.45) is 0.963. The van der Waals surface area contributed by atoms with E-state index in [2.05, 4.69) is 15.9 Å². The van der Waals surface area contributed by atoms with Gasteiger partial charge in [0.25, 0.3) is 0 Å². The van der Waals surface area contributed by atoms with Gasteiger partial charge in [0.1, 0.15) is 11.3 Å². The van der Waals surface area contributed by atoms with Crippen molar-refractivity contribution in [2.75, 3.05) is 19.7 Å². The number of ether oxygens (including phenoxy) is 1. The van der Waals surface area contributed by atoms with Crippen LogP contribution in [0.15, 0.2) is 22.7 Å². The summed E-state index contributed by atoms with van der Waals surface area (Å²) < 4.78 is 6.16. The van der Waals surface area contributed by atoms with Gasteiger partial charge in [-0.3, -0.25) is 4.79 Å². The number of hydrogen-bond donors (Lipinski definition) is 1. The highest BCUT2D eigenvalue weighted by atomic mass is 79.9. The molecule has 0 bridgehead atoms. The summed E-state index contributed by atoms with van der Waals surface area (Å²) in [5, 5.41) is 9.11. The van der Waals surface area contributed by atoms with Crippen LogP contribution in [-0.4, -0.2) is 41.6 Å². The molecule has 1 rings (SSSR count). The van der Waals surface area contributed by atoms with E-state index >= 15 is 0 Å². The summed E-state index contributed by atoms with van der Waals surface area (Å²) in [4.78, 5) is 24.7. The minimum absolute atomic E-state index is 0.0952. The standard InChI is InChI=1S/C15H20BrNO4/c1-3-17(4-2)14(18)6-5-9-21-13-8-7-11(16)10-12(13)15(19)20/h7-8,10H,3-6,9H2,1-2H3,(H,19,20). The number of hydrogen-bond acceptors (Lipinski definition) is 3. The predicted octanol–water partition coefficient (Wildman–Crippen LogP) is 3.17. The molecule has 0 heterocycles. The first-order valence-electron chi connectivity index (χ1n) is 6.93. The molecule has 0 aliphatic carbocycles. The van der Waals surface area contributed by atoms with Crippen LogP contribution in [0.25, 0.3) is 0 Å². The Morgan fingerprint density at radius 1 is 1.29 bits per heavy atom. The van der Waals surface area contributed by atoms with Crippen molar-refractivity contribution in [1.29, 1.82) is 0 Å². The molecule has 1 aromatic rings. The molecular formula is C15H20BrNO4. The summed E-state index contributed by atoms with van der Waals surface area (Å²) in [6.45, 7) is 5.60. The lowest BCUT2D eigenvalue weighted by atomic mass is 10.2. The maximum atomic E-state index is 11.8. The lowest BCUT2D eigenvalue weighted by molar-refractivity contribution is -0.131. The van der Waals surface area contributed by atoms with Crippen molar-refractivity contribution in [3.63, 3.8) is 0 Å². The zero-order valence-electron chi connectivity index (χ0n) is 12.3. The van der Waals surface area contributed by atoms with Crippen molar-refractivity contribution in [3.05, 3.63) is 28.2 Å². The van der Waals surface area contributed by atoms with Gasteiger partial charge in [0, 0.05) is 24.0 Å². The molecule has 0 spiro atoms. The smallest absolute Gasteiger partial charge is 0.339 e. The van der Waals surface area contributed by atoms with Crippen LogP contribution in [-0.2, 0) is 4.79 Å². The predicted molar refractivity (Wildman–Crippen MR) is 83.8 cm³/mol. The highest BCUT2D eigenvalue weighted by Crippen LogP contribution is 2.23. The van der Waals surface area contributed by atoms with Gasteiger partial charge in [-0.05, 0) is 38.5 Å². The number of benzene rings is 1. The van der Waals surface area contributed by atoms with Gasteiger partial charge in [-0.25, -0.2) is 4.79 Å². The second-order valence-corrected chi connectivity index (χ2v) is 5.38. The zero-order chi connectivity index (χ0) is 15.8. The van der Waals surface area contributed by atoms with E-state index < -0.39 is 5.97 Å². The van der Waals surface area contributed by atoms with Gasteiger partial charge in [-0.15, -0.1) is 0 Å². The van der Waals surface area contributed by atoms with Gasteiger partial charge >= 0.3 is 5.97 Å². The highest BCUT2D eigenvalue weighted by molar-refractivity contribution is 9.10. The van der Waals surface area contributed by atoms with E-state index in [1.807, 2.05) is 13.8 Å². The molecule has 0 aliphatic rings. The molecule has 21 heavy (non-hydrogen) atoms. The van der Waals surface area contributed by atoms with E-state index in [0.29, 0.717) is 42.8 Å². The molecule has 1 aromatic carbocycles. The van der Waals surface area contributed by atoms with Crippen LogP contribution < -0.4 is 4.74 Å². The van der Waals surface area contributed by atoms with Crippen molar-refractivity contribution in [2.45, 2.75) is 26.7 Å². The van der Waals surface area contributed by atoms with Gasteiger partial charge in [0.05, 0.1) is 6.61 Å². The van der Waals surface area contributed by atoms with Crippen LogP contribution in [0.5, 0.6) is 5.75 Å². The van der Waals surface area contributed by atoms with Crippen molar-refractivity contribution >= 4 is 27.8 Å². The van der Waals surface area contributed by atoms with E-state index in [4.69, 9.17) is 9.84 Å². The number of nitrogens with zero attached hydrogens (tertiary/aromatic N) is 1. The van der Waals surface area contributed by atoms with Crippen LogP contribution in [0.2, 0.25) is 0 Å². The summed E-state index contributed by atoms with van der Waals surface area (Å²) >= 11 is 3.23. The van der Waals surface area contributed by atoms with Crippen LogP contribution in [0.4, 0.5) is 0 Å². The lowest BCUT2D eigenvalue weighted by Crippen LogP contribution is -2.30. The van der Waals surface area contributed by atoms with Gasteiger partial charge in [-0.2, -0.15) is 0 Å². The fourth-order valence-electron chi connectivity index (χ4n) is 1.94. The van der Waals surface area contributed by atoms with E-state index in [9.17, 15) is 9.59 Å². The first-order valence-corrected chi connectivity index (χ1v) is 7.72. The Morgan fingerprint density at radius 2 is 1.95 bits per heavy atom. The van der Waals surface area contributed by atoms with Gasteiger partial charge < -0.3 is 14.7 Å². The maximum Gasteiger partial charge on any atom is 0.339 e. The summed E-state index contributed by atoms with van der Waals surface area (Å²) in [7, 11) is 0. The molecule has 0 saturated heterocycles. The minimum Gasteiger partial charge on any atom is -0.493 e. The lowest BCUT2D eigenvalue weighted by Gasteiger charge is -2.18. The second-order valence-electron chi connectivity index (χ2n) is 4.46. The Kier molecular flexibility index (Phi) is 7.22. The third-order valence-electron chi connectivity index (χ3n) is 3.08. The fourth-order valence-corrected chi connectivity index (χ4v) is 2.30. The number of carbonyl (C=O) groups excluding carboxylic acids is 1. The monoisotopic (exact) mass is 357 g/mol. The molecule has 0 aliphatic heterocycles. The van der Waals surface area contributed by atoms with E-state index in [0.717, 1.165) is 0 Å². The SMILES string of the molecule is CCN(CC)C(=O)CCCOc1ccc(Br)cc1C(=O)O. The average molecular weight is 358 g/mol. The molecule has 5 nitrogen and oxygen atoms in total. The van der Waals surface area contributed by atoms with Gasteiger partial charge in [0.15, 0.2) is 0 Å². The quantitative estimate of drug-likeness (QED) is 0.725. The topological polar surface area (TPSA) is 66.8 Å². The Morgan fingerprint density at radius 3 is 2.52 bits per heavy atom. The number of rotatable bonds is 8. The fraction of sp³-hybridized carbons (Fsp3) is 0.467. The van der Waals surface area contributed by atoms with Crippen molar-refractivity contribution in [2.24, 2.45) is 0 Å². The van der Waals surface area contributed by atoms with E-state index in [1.165, 1.54) is 6.07 Å². The zero-order valence-corrected chi connectivity index (χ0v) is 13.9. The molecule has 1 amide bonds. The third kappa shape index (κ3) is 5.38.